The van der Waals surface area contributed by atoms with E-state index in [0.29, 0.717) is 0 Å². The number of halogens is 4. The topological polar surface area (TPSA) is 49.4 Å². The van der Waals surface area contributed by atoms with E-state index in [-0.39, 0.29) is 0 Å². The van der Waals surface area contributed by atoms with Gasteiger partial charge in [0.1, 0.15) is 11.4 Å². The van der Waals surface area contributed by atoms with Crippen LogP contribution >= 0.6 is 129 Å². The Balaban J connectivity index is 0.000000135. The van der Waals surface area contributed by atoms with E-state index >= 15 is 0 Å². The predicted molar refractivity (Wildman–Crippen MR) is 149 cm³/mol. The molecule has 4 aromatic heterocycles. The molecular weight excluding hydrogens is 760 g/mol. The standard InChI is InChI=1S/C8H2Br2N2S3.C8H4N2S3.Br2/c9-5-1-3-7(13-5)8-4(15-12-11-3)2-6(10)14-8;1-3-11-7-5(1)9-10-13-6-2-4-12-8(6)7;1-2/h1-2H;1-4H;. The fraction of sp³-hybridized carbons (Fsp3) is 0. The van der Waals surface area contributed by atoms with Crippen LogP contribution < -0.4 is 0 Å². The third kappa shape index (κ3) is 5.23. The second-order valence-corrected chi connectivity index (χ2v) is 13.6. The largest absolute Gasteiger partial charge is 0.142 e. The van der Waals surface area contributed by atoms with Crippen LogP contribution in [0.15, 0.2) is 71.7 Å². The first-order valence-electron chi connectivity index (χ1n) is 7.74. The highest BCUT2D eigenvalue weighted by atomic mass is 80.9. The van der Waals surface area contributed by atoms with Crippen LogP contribution in [0.5, 0.6) is 0 Å². The molecule has 0 aliphatic carbocycles. The summed E-state index contributed by atoms with van der Waals surface area (Å²) in [5, 5.41) is 12.5. The Hall–Kier alpha value is 0.620. The Morgan fingerprint density at radius 2 is 1.27 bits per heavy atom. The van der Waals surface area contributed by atoms with E-state index in [2.05, 4.69) is 102 Å². The molecule has 0 amide bonds. The van der Waals surface area contributed by atoms with Crippen molar-refractivity contribution in [3.05, 3.63) is 42.6 Å². The van der Waals surface area contributed by atoms with E-state index in [1.807, 2.05) is 12.1 Å². The van der Waals surface area contributed by atoms with E-state index in [9.17, 15) is 0 Å². The summed E-state index contributed by atoms with van der Waals surface area (Å²) in [6.07, 6.45) is 0. The molecule has 0 N–H and O–H groups in total. The van der Waals surface area contributed by atoms with Gasteiger partial charge in [-0.15, -0.1) is 64.6 Å². The predicted octanol–water partition coefficient (Wildman–Crippen LogP) is 12.4. The number of hydrogen-bond acceptors (Lipinski definition) is 10. The Morgan fingerprint density at radius 3 is 2.10 bits per heavy atom. The Kier molecular flexibility index (Phi) is 8.84. The molecule has 154 valence electrons. The molecule has 6 heterocycles. The van der Waals surface area contributed by atoms with E-state index in [1.165, 1.54) is 53.2 Å². The molecule has 0 bridgehead atoms. The monoisotopic (exact) mass is 762 g/mol. The van der Waals surface area contributed by atoms with Gasteiger partial charge < -0.3 is 0 Å². The van der Waals surface area contributed by atoms with E-state index in [0.717, 1.165) is 18.9 Å². The highest BCUT2D eigenvalue weighted by molar-refractivity contribution is 9.93. The molecule has 30 heavy (non-hydrogen) atoms. The number of fused-ring (bicyclic) bond motifs is 6. The van der Waals surface area contributed by atoms with Crippen molar-refractivity contribution in [2.24, 2.45) is 19.3 Å². The first-order valence-corrected chi connectivity index (χ1v) is 18.0. The molecule has 0 saturated carbocycles. The second-order valence-electron chi connectivity index (χ2n) is 5.30. The molecule has 2 aliphatic heterocycles. The molecule has 0 fully saturated rings. The van der Waals surface area contributed by atoms with Crippen molar-refractivity contribution in [3.63, 3.8) is 0 Å². The fourth-order valence-corrected chi connectivity index (χ4v) is 9.47. The van der Waals surface area contributed by atoms with Gasteiger partial charge in [0.25, 0.3) is 0 Å². The van der Waals surface area contributed by atoms with Gasteiger partial charge in [-0.05, 0) is 66.9 Å². The first kappa shape index (κ1) is 23.8. The van der Waals surface area contributed by atoms with Crippen LogP contribution in [0.3, 0.4) is 0 Å². The molecule has 4 aromatic rings. The first-order chi connectivity index (χ1) is 14.7. The average molecular weight is 766 g/mol. The fourth-order valence-electron chi connectivity index (χ4n) is 2.46. The SMILES string of the molecule is BrBr.Brc1cc2c(s1)-c1sc(Br)cc1SN=N2.c1cc2c(s1)-c1sccc1SN=N2. The van der Waals surface area contributed by atoms with Gasteiger partial charge in [0.05, 0.1) is 36.9 Å². The molecule has 14 heteroatoms. The molecule has 4 nitrogen and oxygen atoms in total. The van der Waals surface area contributed by atoms with Crippen LogP contribution in [0.1, 0.15) is 0 Å². The lowest BCUT2D eigenvalue weighted by Gasteiger charge is -1.92. The van der Waals surface area contributed by atoms with Gasteiger partial charge in [-0.25, -0.2) is 0 Å². The number of hydrogen-bond donors (Lipinski definition) is 0. The molecule has 0 unspecified atom stereocenters. The van der Waals surface area contributed by atoms with Gasteiger partial charge in [0.2, 0.25) is 0 Å². The van der Waals surface area contributed by atoms with Crippen LogP contribution in [0.2, 0.25) is 0 Å². The zero-order valence-electron chi connectivity index (χ0n) is 14.2. The van der Waals surface area contributed by atoms with Crippen molar-refractivity contribution < 1.29 is 0 Å². The quantitative estimate of drug-likeness (QED) is 0.167. The molecule has 0 spiro atoms. The molecular formula is C16H6Br4N4S6. The van der Waals surface area contributed by atoms with Crippen LogP contribution in [0.4, 0.5) is 11.4 Å². The minimum absolute atomic E-state index is 0.951. The Bertz CT molecular complexity index is 1220. The van der Waals surface area contributed by atoms with E-state index in [1.54, 1.807) is 45.3 Å². The second kappa shape index (κ2) is 11.2. The third-order valence-electron chi connectivity index (χ3n) is 3.61. The van der Waals surface area contributed by atoms with Crippen molar-refractivity contribution in [1.29, 1.82) is 0 Å². The molecule has 0 aromatic carbocycles. The van der Waals surface area contributed by atoms with Crippen molar-refractivity contribution in [1.82, 2.24) is 0 Å². The van der Waals surface area contributed by atoms with Crippen LogP contribution in [-0.4, -0.2) is 0 Å². The molecule has 6 rings (SSSR count). The van der Waals surface area contributed by atoms with Crippen molar-refractivity contribution in [2.45, 2.75) is 9.79 Å². The summed E-state index contributed by atoms with van der Waals surface area (Å²) in [6.45, 7) is 0. The zero-order valence-corrected chi connectivity index (χ0v) is 25.5. The van der Waals surface area contributed by atoms with E-state index in [4.69, 9.17) is 0 Å². The van der Waals surface area contributed by atoms with Gasteiger partial charge in [-0.1, -0.05) is 0 Å². The van der Waals surface area contributed by atoms with E-state index < -0.39 is 0 Å². The lowest BCUT2D eigenvalue weighted by molar-refractivity contribution is 1.36. The maximum absolute atomic E-state index is 4.18. The van der Waals surface area contributed by atoms with Gasteiger partial charge in [0.15, 0.2) is 0 Å². The summed E-state index contributed by atoms with van der Waals surface area (Å²) in [5.74, 6) is 0. The number of nitrogens with zero attached hydrogens (tertiary/aromatic N) is 4. The van der Waals surface area contributed by atoms with Gasteiger partial charge in [-0.3, -0.25) is 0 Å². The third-order valence-corrected chi connectivity index (χ3v) is 10.7. The normalized spacial score (nSPS) is 12.8. The highest BCUT2D eigenvalue weighted by Gasteiger charge is 2.20. The molecule has 2 aliphatic rings. The highest BCUT2D eigenvalue weighted by Crippen LogP contribution is 2.51. The van der Waals surface area contributed by atoms with Gasteiger partial charge >= 0.3 is 0 Å². The lowest BCUT2D eigenvalue weighted by Crippen LogP contribution is -1.64. The van der Waals surface area contributed by atoms with Gasteiger partial charge in [-0.2, -0.15) is 0 Å². The average Bonchev–Trinajstić information content (AvgIpc) is 3.50. The van der Waals surface area contributed by atoms with Crippen LogP contribution in [-0.2, 0) is 0 Å². The van der Waals surface area contributed by atoms with Crippen molar-refractivity contribution in [3.8, 4) is 19.5 Å². The van der Waals surface area contributed by atoms with Crippen LogP contribution in [0.25, 0.3) is 19.5 Å². The number of thiophene rings is 4. The molecule has 0 saturated heterocycles. The minimum atomic E-state index is 0.951. The van der Waals surface area contributed by atoms with Crippen LogP contribution in [0, 0.1) is 0 Å². The summed E-state index contributed by atoms with van der Waals surface area (Å²) in [5.41, 5.74) is 1.95. The number of rotatable bonds is 0. The maximum Gasteiger partial charge on any atom is 0.107 e. The molecule has 0 radical (unpaired) electrons. The van der Waals surface area contributed by atoms with Crippen molar-refractivity contribution in [2.75, 3.05) is 0 Å². The zero-order chi connectivity index (χ0) is 21.1. The Labute approximate surface area is 229 Å². The lowest BCUT2D eigenvalue weighted by atomic mass is 10.3. The Morgan fingerprint density at radius 1 is 0.633 bits per heavy atom. The smallest absolute Gasteiger partial charge is 0.107 e. The van der Waals surface area contributed by atoms with Gasteiger partial charge in [0, 0.05) is 52.2 Å². The summed E-state index contributed by atoms with van der Waals surface area (Å²) < 4.78 is 10.4. The summed E-state index contributed by atoms with van der Waals surface area (Å²) in [6, 6.07) is 8.20. The summed E-state index contributed by atoms with van der Waals surface area (Å²) >= 11 is 22.3. The summed E-state index contributed by atoms with van der Waals surface area (Å²) in [7, 11) is 0. The maximum atomic E-state index is 4.18. The molecule has 0 atom stereocenters. The summed E-state index contributed by atoms with van der Waals surface area (Å²) in [4.78, 5) is 7.39. The minimum Gasteiger partial charge on any atom is -0.142 e. The van der Waals surface area contributed by atoms with Crippen molar-refractivity contribution >= 4 is 141 Å².